The highest BCUT2D eigenvalue weighted by Crippen LogP contribution is 2.34. The van der Waals surface area contributed by atoms with Crippen molar-refractivity contribution >= 4 is 0 Å². The molecule has 0 fully saturated rings. The fourth-order valence-electron chi connectivity index (χ4n) is 1.44. The lowest BCUT2D eigenvalue weighted by Gasteiger charge is -2.11. The van der Waals surface area contributed by atoms with E-state index in [9.17, 15) is 0 Å². The van der Waals surface area contributed by atoms with E-state index in [4.69, 9.17) is 19.7 Å². The summed E-state index contributed by atoms with van der Waals surface area (Å²) >= 11 is 0. The van der Waals surface area contributed by atoms with Gasteiger partial charge in [0.15, 0.2) is 11.5 Å². The molecule has 0 aliphatic carbocycles. The van der Waals surface area contributed by atoms with Crippen molar-refractivity contribution in [1.82, 2.24) is 0 Å². The van der Waals surface area contributed by atoms with Crippen LogP contribution in [0.25, 0.3) is 0 Å². The van der Waals surface area contributed by atoms with Gasteiger partial charge < -0.3 is 19.7 Å². The number of aliphatic hydroxyl groups is 2. The van der Waals surface area contributed by atoms with Crippen molar-refractivity contribution < 1.29 is 19.7 Å². The monoisotopic (exact) mass is 196 g/mol. The molecule has 1 aromatic rings. The van der Waals surface area contributed by atoms with E-state index < -0.39 is 0 Å². The molecule has 1 heterocycles. The number of rotatable bonds is 3. The molecule has 0 spiro atoms. The Morgan fingerprint density at radius 2 is 1.86 bits per heavy atom. The molecular weight excluding hydrogens is 184 g/mol. The summed E-state index contributed by atoms with van der Waals surface area (Å²) in [6.07, 6.45) is 0. The maximum atomic E-state index is 9.00. The summed E-state index contributed by atoms with van der Waals surface area (Å²) in [4.78, 5) is 0. The number of ether oxygens (including phenoxy) is 2. The second-order valence-corrected chi connectivity index (χ2v) is 3.17. The number of fused-ring (bicyclic) bond motifs is 1. The van der Waals surface area contributed by atoms with Crippen LogP contribution in [-0.4, -0.2) is 30.2 Å². The van der Waals surface area contributed by atoms with Crippen LogP contribution < -0.4 is 9.47 Å². The molecule has 0 saturated carbocycles. The first kappa shape index (κ1) is 9.30. The Balaban J connectivity index is 2.27. The van der Waals surface area contributed by atoms with Gasteiger partial charge in [-0.2, -0.15) is 0 Å². The highest BCUT2D eigenvalue weighted by molar-refractivity contribution is 5.45. The summed E-state index contributed by atoms with van der Waals surface area (Å²) in [5, 5.41) is 18.0. The molecule has 0 atom stereocenters. The summed E-state index contributed by atoms with van der Waals surface area (Å²) in [5.74, 6) is 1.14. The summed E-state index contributed by atoms with van der Waals surface area (Å²) in [5.41, 5.74) is 0.860. The van der Waals surface area contributed by atoms with Crippen LogP contribution in [0.15, 0.2) is 18.2 Å². The first-order valence-corrected chi connectivity index (χ1v) is 4.46. The van der Waals surface area contributed by atoms with Gasteiger partial charge in [0, 0.05) is 5.92 Å². The van der Waals surface area contributed by atoms with Crippen molar-refractivity contribution in [3.05, 3.63) is 23.8 Å². The van der Waals surface area contributed by atoms with Gasteiger partial charge >= 0.3 is 0 Å². The smallest absolute Gasteiger partial charge is 0.231 e. The molecule has 1 aromatic carbocycles. The van der Waals surface area contributed by atoms with Gasteiger partial charge in [0.1, 0.15) is 0 Å². The minimum atomic E-state index is -0.246. The highest BCUT2D eigenvalue weighted by Gasteiger charge is 2.16. The van der Waals surface area contributed by atoms with E-state index in [1.165, 1.54) is 0 Å². The highest BCUT2D eigenvalue weighted by atomic mass is 16.7. The second-order valence-electron chi connectivity index (χ2n) is 3.17. The van der Waals surface area contributed by atoms with E-state index in [1.807, 2.05) is 6.07 Å². The molecule has 4 nitrogen and oxygen atoms in total. The number of aliphatic hydroxyl groups excluding tert-OH is 2. The third-order valence-electron chi connectivity index (χ3n) is 2.31. The van der Waals surface area contributed by atoms with Gasteiger partial charge in [0.25, 0.3) is 0 Å². The Kier molecular flexibility index (Phi) is 2.56. The SMILES string of the molecule is OCC(CO)c1ccc2c(c1)OCO2. The molecular formula is C10H12O4. The quantitative estimate of drug-likeness (QED) is 0.738. The van der Waals surface area contributed by atoms with E-state index in [-0.39, 0.29) is 25.9 Å². The van der Waals surface area contributed by atoms with Gasteiger partial charge in [0.2, 0.25) is 6.79 Å². The zero-order valence-corrected chi connectivity index (χ0v) is 7.64. The average Bonchev–Trinajstić information content (AvgIpc) is 2.66. The first-order chi connectivity index (χ1) is 6.85. The maximum Gasteiger partial charge on any atom is 0.231 e. The summed E-state index contributed by atoms with van der Waals surface area (Å²) < 4.78 is 10.3. The third kappa shape index (κ3) is 1.54. The van der Waals surface area contributed by atoms with Gasteiger partial charge in [-0.3, -0.25) is 0 Å². The molecule has 1 aliphatic heterocycles. The minimum absolute atomic E-state index is 0.0733. The fourth-order valence-corrected chi connectivity index (χ4v) is 1.44. The van der Waals surface area contributed by atoms with Crippen molar-refractivity contribution in [1.29, 1.82) is 0 Å². The van der Waals surface area contributed by atoms with Gasteiger partial charge in [-0.05, 0) is 17.7 Å². The van der Waals surface area contributed by atoms with Crippen molar-refractivity contribution in [3.8, 4) is 11.5 Å². The molecule has 14 heavy (non-hydrogen) atoms. The zero-order valence-electron chi connectivity index (χ0n) is 7.64. The maximum absolute atomic E-state index is 9.00. The molecule has 4 heteroatoms. The predicted molar refractivity (Wildman–Crippen MR) is 49.5 cm³/mol. The minimum Gasteiger partial charge on any atom is -0.454 e. The van der Waals surface area contributed by atoms with Gasteiger partial charge in [0.05, 0.1) is 13.2 Å². The Morgan fingerprint density at radius 1 is 1.14 bits per heavy atom. The molecule has 0 bridgehead atoms. The normalized spacial score (nSPS) is 13.6. The molecule has 0 aromatic heterocycles. The number of hydrogen-bond donors (Lipinski definition) is 2. The lowest BCUT2D eigenvalue weighted by atomic mass is 10.0. The molecule has 76 valence electrons. The summed E-state index contributed by atoms with van der Waals surface area (Å²) in [6, 6.07) is 5.40. The molecule has 0 unspecified atom stereocenters. The lowest BCUT2D eigenvalue weighted by Crippen LogP contribution is -2.08. The molecule has 1 aliphatic rings. The third-order valence-corrected chi connectivity index (χ3v) is 2.31. The van der Waals surface area contributed by atoms with E-state index in [2.05, 4.69) is 0 Å². The number of benzene rings is 1. The van der Waals surface area contributed by atoms with Crippen LogP contribution in [0.2, 0.25) is 0 Å². The average molecular weight is 196 g/mol. The van der Waals surface area contributed by atoms with Crippen molar-refractivity contribution in [2.75, 3.05) is 20.0 Å². The van der Waals surface area contributed by atoms with Crippen LogP contribution in [0.3, 0.4) is 0 Å². The van der Waals surface area contributed by atoms with Crippen molar-refractivity contribution in [2.45, 2.75) is 5.92 Å². The molecule has 0 amide bonds. The Bertz CT molecular complexity index is 320. The van der Waals surface area contributed by atoms with Gasteiger partial charge in [-0.25, -0.2) is 0 Å². The van der Waals surface area contributed by atoms with Gasteiger partial charge in [-0.1, -0.05) is 6.07 Å². The van der Waals surface area contributed by atoms with Gasteiger partial charge in [-0.15, -0.1) is 0 Å². The standard InChI is InChI=1S/C10H12O4/c11-4-8(5-12)7-1-2-9-10(3-7)14-6-13-9/h1-3,8,11-12H,4-6H2. The van der Waals surface area contributed by atoms with Crippen LogP contribution >= 0.6 is 0 Å². The number of hydrogen-bond acceptors (Lipinski definition) is 4. The van der Waals surface area contributed by atoms with E-state index in [0.29, 0.717) is 11.5 Å². The Morgan fingerprint density at radius 3 is 2.57 bits per heavy atom. The van der Waals surface area contributed by atoms with E-state index in [1.54, 1.807) is 12.1 Å². The molecule has 2 N–H and O–H groups in total. The zero-order chi connectivity index (χ0) is 9.97. The van der Waals surface area contributed by atoms with Crippen LogP contribution in [0.4, 0.5) is 0 Å². The van der Waals surface area contributed by atoms with E-state index >= 15 is 0 Å². The second kappa shape index (κ2) is 3.86. The topological polar surface area (TPSA) is 58.9 Å². The lowest BCUT2D eigenvalue weighted by molar-refractivity contribution is 0.173. The molecule has 0 radical (unpaired) electrons. The van der Waals surface area contributed by atoms with Crippen LogP contribution in [0, 0.1) is 0 Å². The first-order valence-electron chi connectivity index (χ1n) is 4.46. The summed E-state index contributed by atoms with van der Waals surface area (Å²) in [7, 11) is 0. The van der Waals surface area contributed by atoms with Crippen LogP contribution in [0.5, 0.6) is 11.5 Å². The Labute approximate surface area is 81.7 Å². The van der Waals surface area contributed by atoms with Crippen molar-refractivity contribution in [2.24, 2.45) is 0 Å². The van der Waals surface area contributed by atoms with Crippen molar-refractivity contribution in [3.63, 3.8) is 0 Å². The predicted octanol–water partition coefficient (Wildman–Crippen LogP) is 0.484. The summed E-state index contributed by atoms with van der Waals surface area (Å²) in [6.45, 7) is 0.0913. The Hall–Kier alpha value is -1.26. The largest absolute Gasteiger partial charge is 0.454 e. The molecule has 2 rings (SSSR count). The van der Waals surface area contributed by atoms with Crippen LogP contribution in [-0.2, 0) is 0 Å². The van der Waals surface area contributed by atoms with E-state index in [0.717, 1.165) is 5.56 Å². The molecule has 0 saturated heterocycles. The fraction of sp³-hybridized carbons (Fsp3) is 0.400. The van der Waals surface area contributed by atoms with Crippen LogP contribution in [0.1, 0.15) is 11.5 Å².